The smallest absolute Gasteiger partial charge is 0.273 e. The van der Waals surface area contributed by atoms with Crippen molar-refractivity contribution in [1.82, 2.24) is 10.9 Å². The molecule has 0 fully saturated rings. The van der Waals surface area contributed by atoms with Crippen molar-refractivity contribution >= 4 is 27.7 Å². The van der Waals surface area contributed by atoms with Gasteiger partial charge in [-0.25, -0.2) is 0 Å². The summed E-state index contributed by atoms with van der Waals surface area (Å²) in [5.41, 5.74) is 5.40. The molecule has 7 nitrogen and oxygen atoms in total. The summed E-state index contributed by atoms with van der Waals surface area (Å²) in [6.07, 6.45) is 0. The number of furan rings is 1. The van der Waals surface area contributed by atoms with E-state index in [1.165, 1.54) is 7.11 Å². The summed E-state index contributed by atoms with van der Waals surface area (Å²) in [5.74, 6) is 1.07. The number of hydrazine groups is 1. The van der Waals surface area contributed by atoms with Crippen LogP contribution in [0.1, 0.15) is 39.2 Å². The first kappa shape index (κ1) is 18.9. The fourth-order valence-corrected chi connectivity index (χ4v) is 2.87. The molecule has 134 valence electrons. The molecule has 0 bridgehead atoms. The van der Waals surface area contributed by atoms with E-state index in [1.54, 1.807) is 32.0 Å². The summed E-state index contributed by atoms with van der Waals surface area (Å²) >= 11 is 3.34. The molecule has 1 heterocycles. The molecule has 2 amide bonds. The molecular formula is C17H19BrN2O5. The number of hydrogen-bond acceptors (Lipinski definition) is 5. The minimum atomic E-state index is -0.490. The van der Waals surface area contributed by atoms with Crippen LogP contribution in [0.2, 0.25) is 0 Å². The SMILES string of the molecule is CCOc1cc(C(=O)NNC(=O)c2cc(C)oc2C)cc(Br)c1OC. The van der Waals surface area contributed by atoms with Gasteiger partial charge in [-0.05, 0) is 54.9 Å². The van der Waals surface area contributed by atoms with Gasteiger partial charge in [-0.1, -0.05) is 0 Å². The highest BCUT2D eigenvalue weighted by atomic mass is 79.9. The highest BCUT2D eigenvalue weighted by Crippen LogP contribution is 2.36. The Morgan fingerprint density at radius 3 is 2.40 bits per heavy atom. The van der Waals surface area contributed by atoms with Crippen molar-refractivity contribution in [1.29, 1.82) is 0 Å². The Hall–Kier alpha value is -2.48. The maximum atomic E-state index is 12.3. The van der Waals surface area contributed by atoms with Gasteiger partial charge in [-0.3, -0.25) is 20.4 Å². The molecule has 1 aromatic carbocycles. The first-order valence-electron chi connectivity index (χ1n) is 7.55. The topological polar surface area (TPSA) is 89.8 Å². The third kappa shape index (κ3) is 4.33. The molecule has 0 unspecified atom stereocenters. The fraction of sp³-hybridized carbons (Fsp3) is 0.294. The van der Waals surface area contributed by atoms with Gasteiger partial charge in [-0.15, -0.1) is 0 Å². The number of carbonyl (C=O) groups is 2. The highest BCUT2D eigenvalue weighted by Gasteiger charge is 2.17. The third-order valence-corrected chi connectivity index (χ3v) is 3.94. The molecule has 2 rings (SSSR count). The Kier molecular flexibility index (Phi) is 6.08. The zero-order valence-corrected chi connectivity index (χ0v) is 15.9. The number of ether oxygens (including phenoxy) is 2. The maximum absolute atomic E-state index is 12.3. The van der Waals surface area contributed by atoms with Crippen molar-refractivity contribution in [3.05, 3.63) is 45.3 Å². The van der Waals surface area contributed by atoms with Crippen molar-refractivity contribution in [2.75, 3.05) is 13.7 Å². The fourth-order valence-electron chi connectivity index (χ4n) is 2.27. The lowest BCUT2D eigenvalue weighted by Gasteiger charge is -2.13. The molecule has 25 heavy (non-hydrogen) atoms. The van der Waals surface area contributed by atoms with E-state index in [9.17, 15) is 9.59 Å². The number of methoxy groups -OCH3 is 1. The van der Waals surface area contributed by atoms with Gasteiger partial charge in [-0.2, -0.15) is 0 Å². The summed E-state index contributed by atoms with van der Waals surface area (Å²) in [5, 5.41) is 0. The molecule has 2 N–H and O–H groups in total. The lowest BCUT2D eigenvalue weighted by molar-refractivity contribution is 0.0845. The highest BCUT2D eigenvalue weighted by molar-refractivity contribution is 9.10. The number of nitrogens with one attached hydrogen (secondary N) is 2. The van der Waals surface area contributed by atoms with Crippen LogP contribution < -0.4 is 20.3 Å². The lowest BCUT2D eigenvalue weighted by atomic mass is 10.2. The first-order valence-corrected chi connectivity index (χ1v) is 8.34. The average molecular weight is 411 g/mol. The Morgan fingerprint density at radius 2 is 1.84 bits per heavy atom. The number of rotatable bonds is 5. The molecule has 1 aromatic heterocycles. The normalized spacial score (nSPS) is 10.3. The molecular weight excluding hydrogens is 392 g/mol. The Balaban J connectivity index is 2.13. The second-order valence-electron chi connectivity index (χ2n) is 5.16. The molecule has 8 heteroatoms. The standard InChI is InChI=1S/C17H19BrN2O5/c1-5-24-14-8-11(7-13(18)15(14)23-4)16(21)19-20-17(22)12-6-9(2)25-10(12)3/h6-8H,5H2,1-4H3,(H,19,21)(H,20,22). The van der Waals surface area contributed by atoms with E-state index in [1.807, 2.05) is 6.92 Å². The summed E-state index contributed by atoms with van der Waals surface area (Å²) in [6.45, 7) is 5.67. The molecule has 0 spiro atoms. The van der Waals surface area contributed by atoms with Crippen molar-refractivity contribution < 1.29 is 23.5 Å². The van der Waals surface area contributed by atoms with Gasteiger partial charge in [0.05, 0.1) is 23.8 Å². The van der Waals surface area contributed by atoms with Crippen LogP contribution in [0.4, 0.5) is 0 Å². The summed E-state index contributed by atoms with van der Waals surface area (Å²) in [6, 6.07) is 4.73. The van der Waals surface area contributed by atoms with E-state index in [2.05, 4.69) is 26.8 Å². The number of halogens is 1. The van der Waals surface area contributed by atoms with Gasteiger partial charge in [0.15, 0.2) is 11.5 Å². The maximum Gasteiger partial charge on any atom is 0.273 e. The zero-order valence-electron chi connectivity index (χ0n) is 14.4. The Morgan fingerprint density at radius 1 is 1.16 bits per heavy atom. The van der Waals surface area contributed by atoms with Crippen LogP contribution in [-0.2, 0) is 0 Å². The summed E-state index contributed by atoms with van der Waals surface area (Å²) in [4.78, 5) is 24.4. The molecule has 0 saturated carbocycles. The number of benzene rings is 1. The Labute approximate surface area is 153 Å². The van der Waals surface area contributed by atoms with E-state index in [-0.39, 0.29) is 0 Å². The minimum Gasteiger partial charge on any atom is -0.492 e. The average Bonchev–Trinajstić information content (AvgIpc) is 2.90. The molecule has 0 atom stereocenters. The predicted octanol–water partition coefficient (Wildman–Crippen LogP) is 3.14. The number of carbonyl (C=O) groups excluding carboxylic acids is 2. The van der Waals surface area contributed by atoms with Crippen LogP contribution in [-0.4, -0.2) is 25.5 Å². The molecule has 0 aliphatic heterocycles. The van der Waals surface area contributed by atoms with E-state index in [4.69, 9.17) is 13.9 Å². The second kappa shape index (κ2) is 8.06. The Bertz CT molecular complexity index is 801. The lowest BCUT2D eigenvalue weighted by Crippen LogP contribution is -2.41. The summed E-state index contributed by atoms with van der Waals surface area (Å²) < 4.78 is 16.6. The molecule has 0 saturated heterocycles. The number of amides is 2. The van der Waals surface area contributed by atoms with Crippen molar-refractivity contribution in [2.45, 2.75) is 20.8 Å². The largest absolute Gasteiger partial charge is 0.492 e. The van der Waals surface area contributed by atoms with Crippen molar-refractivity contribution in [2.24, 2.45) is 0 Å². The van der Waals surface area contributed by atoms with Gasteiger partial charge < -0.3 is 13.9 Å². The molecule has 2 aromatic rings. The minimum absolute atomic E-state index is 0.302. The van der Waals surface area contributed by atoms with Crippen LogP contribution >= 0.6 is 15.9 Å². The quantitative estimate of drug-likeness (QED) is 0.738. The van der Waals surface area contributed by atoms with Gasteiger partial charge in [0.1, 0.15) is 11.5 Å². The van der Waals surface area contributed by atoms with E-state index in [0.717, 1.165) is 0 Å². The molecule has 0 aliphatic carbocycles. The van der Waals surface area contributed by atoms with Crippen LogP contribution in [0.25, 0.3) is 0 Å². The summed E-state index contributed by atoms with van der Waals surface area (Å²) in [7, 11) is 1.51. The van der Waals surface area contributed by atoms with E-state index >= 15 is 0 Å². The monoisotopic (exact) mass is 410 g/mol. The first-order chi connectivity index (χ1) is 11.9. The molecule has 0 aliphatic rings. The van der Waals surface area contributed by atoms with Crippen LogP contribution in [0.15, 0.2) is 27.1 Å². The zero-order chi connectivity index (χ0) is 18.6. The third-order valence-electron chi connectivity index (χ3n) is 3.35. The van der Waals surface area contributed by atoms with Crippen LogP contribution in [0, 0.1) is 13.8 Å². The van der Waals surface area contributed by atoms with E-state index in [0.29, 0.717) is 45.2 Å². The van der Waals surface area contributed by atoms with Crippen molar-refractivity contribution in [3.8, 4) is 11.5 Å². The van der Waals surface area contributed by atoms with Gasteiger partial charge >= 0.3 is 0 Å². The van der Waals surface area contributed by atoms with E-state index < -0.39 is 11.8 Å². The van der Waals surface area contributed by atoms with Crippen LogP contribution in [0.5, 0.6) is 11.5 Å². The van der Waals surface area contributed by atoms with Gasteiger partial charge in [0.25, 0.3) is 11.8 Å². The number of aryl methyl sites for hydroxylation is 2. The predicted molar refractivity (Wildman–Crippen MR) is 95.0 cm³/mol. The van der Waals surface area contributed by atoms with Gasteiger partial charge in [0.2, 0.25) is 0 Å². The molecule has 0 radical (unpaired) electrons. The van der Waals surface area contributed by atoms with Crippen LogP contribution in [0.3, 0.4) is 0 Å². The second-order valence-corrected chi connectivity index (χ2v) is 6.01. The van der Waals surface area contributed by atoms with Crippen molar-refractivity contribution in [3.63, 3.8) is 0 Å². The van der Waals surface area contributed by atoms with Gasteiger partial charge in [0, 0.05) is 5.56 Å². The number of hydrogen-bond donors (Lipinski definition) is 2.